The van der Waals surface area contributed by atoms with Gasteiger partial charge in [0.05, 0.1) is 5.02 Å². The maximum absolute atomic E-state index is 13.2. The first-order valence-corrected chi connectivity index (χ1v) is 11.8. The molecule has 2 heterocycles. The van der Waals surface area contributed by atoms with Gasteiger partial charge in [-0.1, -0.05) is 11.6 Å². The molecule has 3 N–H and O–H groups in total. The summed E-state index contributed by atoms with van der Waals surface area (Å²) >= 11 is 5.88. The van der Waals surface area contributed by atoms with Gasteiger partial charge in [0.1, 0.15) is 17.1 Å². The Bertz CT molecular complexity index is 1250. The number of amides is 3. The molecular formula is C25H28ClN5O4. The van der Waals surface area contributed by atoms with Crippen molar-refractivity contribution in [3.63, 3.8) is 0 Å². The van der Waals surface area contributed by atoms with E-state index in [9.17, 15) is 14.4 Å². The predicted octanol–water partition coefficient (Wildman–Crippen LogP) is 4.15. The number of nitrogens with one attached hydrogen (secondary N) is 3. The summed E-state index contributed by atoms with van der Waals surface area (Å²) in [4.78, 5) is 44.4. The number of benzene rings is 1. The molecule has 3 aromatic rings. The van der Waals surface area contributed by atoms with E-state index in [-0.39, 0.29) is 35.0 Å². The predicted molar refractivity (Wildman–Crippen MR) is 135 cm³/mol. The van der Waals surface area contributed by atoms with Crippen LogP contribution in [0.15, 0.2) is 40.9 Å². The lowest BCUT2D eigenvalue weighted by Gasteiger charge is -2.27. The van der Waals surface area contributed by atoms with E-state index in [1.165, 1.54) is 11.1 Å². The highest BCUT2D eigenvalue weighted by atomic mass is 35.5. The summed E-state index contributed by atoms with van der Waals surface area (Å²) in [6.45, 7) is 0. The van der Waals surface area contributed by atoms with Crippen molar-refractivity contribution in [3.8, 4) is 0 Å². The van der Waals surface area contributed by atoms with Gasteiger partial charge in [-0.05, 0) is 63.1 Å². The number of aromatic nitrogens is 1. The highest BCUT2D eigenvalue weighted by molar-refractivity contribution is 6.30. The molecular weight excluding hydrogens is 470 g/mol. The van der Waals surface area contributed by atoms with Crippen molar-refractivity contribution in [2.75, 3.05) is 31.8 Å². The topological polar surface area (TPSA) is 117 Å². The molecule has 35 heavy (non-hydrogen) atoms. The number of carbonyl (C=O) groups is 3. The second kappa shape index (κ2) is 10.5. The van der Waals surface area contributed by atoms with Gasteiger partial charge in [-0.25, -0.2) is 4.98 Å². The molecule has 0 spiro atoms. The van der Waals surface area contributed by atoms with E-state index in [0.717, 1.165) is 25.7 Å². The second-order valence-corrected chi connectivity index (χ2v) is 9.30. The van der Waals surface area contributed by atoms with Gasteiger partial charge in [-0.15, -0.1) is 0 Å². The van der Waals surface area contributed by atoms with Crippen LogP contribution in [0.5, 0.6) is 0 Å². The van der Waals surface area contributed by atoms with E-state index < -0.39 is 5.91 Å². The van der Waals surface area contributed by atoms with Crippen molar-refractivity contribution in [1.29, 1.82) is 0 Å². The molecule has 0 atom stereocenters. The van der Waals surface area contributed by atoms with E-state index >= 15 is 0 Å². The fourth-order valence-corrected chi connectivity index (χ4v) is 4.38. The summed E-state index contributed by atoms with van der Waals surface area (Å²) in [5, 5.41) is 9.77. The first kappa shape index (κ1) is 24.7. The number of hydrogen-bond donors (Lipinski definition) is 3. The SMILES string of the molecule is CN[C@H]1CC[C@H](C(=O)Nc2c(C(=O)Nc3ccc(Cl)cn3)oc3ccc(C(=O)N(C)C)cc23)CC1. The van der Waals surface area contributed by atoms with Gasteiger partial charge in [-0.2, -0.15) is 0 Å². The molecule has 0 aliphatic heterocycles. The zero-order valence-corrected chi connectivity index (χ0v) is 20.6. The summed E-state index contributed by atoms with van der Waals surface area (Å²) < 4.78 is 5.86. The zero-order chi connectivity index (χ0) is 25.1. The van der Waals surface area contributed by atoms with Gasteiger partial charge in [0, 0.05) is 43.2 Å². The lowest BCUT2D eigenvalue weighted by atomic mass is 9.85. The van der Waals surface area contributed by atoms with E-state index in [1.807, 2.05) is 7.05 Å². The molecule has 0 bridgehead atoms. The summed E-state index contributed by atoms with van der Waals surface area (Å²) in [5.41, 5.74) is 1.03. The molecule has 3 amide bonds. The first-order valence-electron chi connectivity index (χ1n) is 11.5. The Morgan fingerprint density at radius 1 is 1.06 bits per heavy atom. The van der Waals surface area contributed by atoms with Crippen LogP contribution in [0.1, 0.15) is 46.6 Å². The van der Waals surface area contributed by atoms with Gasteiger partial charge < -0.3 is 25.3 Å². The number of hydrogen-bond acceptors (Lipinski definition) is 6. The van der Waals surface area contributed by atoms with Crippen LogP contribution in [-0.2, 0) is 4.79 Å². The van der Waals surface area contributed by atoms with Crippen LogP contribution >= 0.6 is 11.6 Å². The Morgan fingerprint density at radius 3 is 2.43 bits per heavy atom. The molecule has 2 aromatic heterocycles. The fourth-order valence-electron chi connectivity index (χ4n) is 4.27. The lowest BCUT2D eigenvalue weighted by molar-refractivity contribution is -0.120. The molecule has 1 aliphatic carbocycles. The van der Waals surface area contributed by atoms with Crippen LogP contribution in [0.2, 0.25) is 5.02 Å². The number of furan rings is 1. The zero-order valence-electron chi connectivity index (χ0n) is 19.9. The number of carbonyl (C=O) groups excluding carboxylic acids is 3. The number of pyridine rings is 1. The molecule has 1 saturated carbocycles. The maximum atomic E-state index is 13.2. The average molecular weight is 498 g/mol. The monoisotopic (exact) mass is 497 g/mol. The van der Waals surface area contributed by atoms with Gasteiger partial charge >= 0.3 is 0 Å². The van der Waals surface area contributed by atoms with Gasteiger partial charge in [0.25, 0.3) is 11.8 Å². The second-order valence-electron chi connectivity index (χ2n) is 8.86. The molecule has 4 rings (SSSR count). The number of halogens is 1. The summed E-state index contributed by atoms with van der Waals surface area (Å²) in [6.07, 6.45) is 4.70. The first-order chi connectivity index (χ1) is 16.8. The largest absolute Gasteiger partial charge is 0.449 e. The quantitative estimate of drug-likeness (QED) is 0.471. The Labute approximate surface area is 208 Å². The smallest absolute Gasteiger partial charge is 0.294 e. The van der Waals surface area contributed by atoms with Crippen LogP contribution in [0, 0.1) is 5.92 Å². The van der Waals surface area contributed by atoms with Crippen molar-refractivity contribution >= 4 is 51.8 Å². The van der Waals surface area contributed by atoms with Gasteiger partial charge in [-0.3, -0.25) is 14.4 Å². The molecule has 1 aromatic carbocycles. The van der Waals surface area contributed by atoms with Crippen molar-refractivity contribution in [2.45, 2.75) is 31.7 Å². The summed E-state index contributed by atoms with van der Waals surface area (Å²) in [6, 6.07) is 8.45. The number of fused-ring (bicyclic) bond motifs is 1. The van der Waals surface area contributed by atoms with Crippen molar-refractivity contribution in [2.24, 2.45) is 5.92 Å². The van der Waals surface area contributed by atoms with Crippen molar-refractivity contribution in [3.05, 3.63) is 52.9 Å². The standard InChI is InChI=1S/C25H28ClN5O4/c1-27-17-8-4-14(5-9-17)23(32)30-21-18-12-15(25(34)31(2)3)6-10-19(18)35-22(21)24(33)29-20-11-7-16(26)13-28-20/h6-7,10-14,17,27H,4-5,8-9H2,1-3H3,(H,30,32)(H,28,29,33)/t14-,17-. The van der Waals surface area contributed by atoms with Crippen molar-refractivity contribution < 1.29 is 18.8 Å². The third-order valence-corrected chi connectivity index (χ3v) is 6.49. The molecule has 184 valence electrons. The van der Waals surface area contributed by atoms with Gasteiger partial charge in [0.15, 0.2) is 0 Å². The number of rotatable bonds is 6. The van der Waals surface area contributed by atoms with Gasteiger partial charge in [0.2, 0.25) is 11.7 Å². The molecule has 9 nitrogen and oxygen atoms in total. The van der Waals surface area contributed by atoms with E-state index in [1.54, 1.807) is 44.4 Å². The van der Waals surface area contributed by atoms with Crippen LogP contribution in [0.4, 0.5) is 11.5 Å². The third kappa shape index (κ3) is 5.47. The summed E-state index contributed by atoms with van der Waals surface area (Å²) in [7, 11) is 5.24. The Balaban J connectivity index is 1.68. The highest BCUT2D eigenvalue weighted by Gasteiger charge is 2.29. The number of anilines is 2. The number of nitrogens with zero attached hydrogens (tertiary/aromatic N) is 2. The minimum absolute atomic E-state index is 0.0662. The summed E-state index contributed by atoms with van der Waals surface area (Å²) in [5.74, 6) is -0.914. The Hall–Kier alpha value is -3.43. The van der Waals surface area contributed by atoms with Crippen molar-refractivity contribution in [1.82, 2.24) is 15.2 Å². The molecule has 1 fully saturated rings. The Morgan fingerprint density at radius 2 is 1.80 bits per heavy atom. The Kier molecular flexibility index (Phi) is 7.37. The lowest BCUT2D eigenvalue weighted by Crippen LogP contribution is -2.34. The van der Waals surface area contributed by atoms with Crippen LogP contribution in [0.25, 0.3) is 11.0 Å². The molecule has 0 saturated heterocycles. The highest BCUT2D eigenvalue weighted by Crippen LogP contribution is 2.34. The van der Waals surface area contributed by atoms with Crippen LogP contribution in [0.3, 0.4) is 0 Å². The molecule has 0 unspecified atom stereocenters. The van der Waals surface area contributed by atoms with Crippen LogP contribution < -0.4 is 16.0 Å². The molecule has 10 heteroatoms. The molecule has 1 aliphatic rings. The van der Waals surface area contributed by atoms with E-state index in [2.05, 4.69) is 20.9 Å². The maximum Gasteiger partial charge on any atom is 0.294 e. The average Bonchev–Trinajstić information content (AvgIpc) is 3.22. The van der Waals surface area contributed by atoms with E-state index in [0.29, 0.717) is 27.6 Å². The van der Waals surface area contributed by atoms with Crippen LogP contribution in [-0.4, -0.2) is 54.8 Å². The minimum atomic E-state index is -0.578. The fraction of sp³-hybridized carbons (Fsp3) is 0.360. The normalized spacial score (nSPS) is 17.7. The third-order valence-electron chi connectivity index (χ3n) is 6.27. The van der Waals surface area contributed by atoms with E-state index in [4.69, 9.17) is 16.0 Å². The minimum Gasteiger partial charge on any atom is -0.449 e. The molecule has 0 radical (unpaired) electrons.